The number of aliphatic imine (C=N–C) groups is 1. The third kappa shape index (κ3) is 3.37. The smallest absolute Gasteiger partial charge is 0.279 e. The van der Waals surface area contributed by atoms with E-state index < -0.39 is 10.8 Å². The van der Waals surface area contributed by atoms with E-state index in [0.29, 0.717) is 17.4 Å². The van der Waals surface area contributed by atoms with E-state index in [1.165, 1.54) is 24.3 Å². The second-order valence-electron chi connectivity index (χ2n) is 6.27. The van der Waals surface area contributed by atoms with Crippen LogP contribution in [0.5, 0.6) is 0 Å². The first-order chi connectivity index (χ1) is 13.5. The van der Waals surface area contributed by atoms with Crippen molar-refractivity contribution in [2.24, 2.45) is 4.99 Å². The van der Waals surface area contributed by atoms with Gasteiger partial charge >= 0.3 is 0 Å². The number of nitrogens with zero attached hydrogens (tertiary/aromatic N) is 3. The molecule has 0 atom stereocenters. The molecule has 3 aromatic rings. The van der Waals surface area contributed by atoms with Gasteiger partial charge in [-0.2, -0.15) is 4.99 Å². The fourth-order valence-corrected chi connectivity index (χ4v) is 3.34. The molecule has 0 fully saturated rings. The van der Waals surface area contributed by atoms with Crippen molar-refractivity contribution in [3.63, 3.8) is 0 Å². The molecule has 1 aliphatic heterocycles. The van der Waals surface area contributed by atoms with Crippen molar-refractivity contribution in [1.82, 2.24) is 0 Å². The first-order valence-electron chi connectivity index (χ1n) is 8.52. The highest BCUT2D eigenvalue weighted by atomic mass is 35.5. The van der Waals surface area contributed by atoms with E-state index in [9.17, 15) is 14.9 Å². The molecule has 0 bridgehead atoms. The number of anilines is 1. The fourth-order valence-electron chi connectivity index (χ4n) is 3.16. The van der Waals surface area contributed by atoms with Gasteiger partial charge in [0, 0.05) is 34.0 Å². The van der Waals surface area contributed by atoms with Gasteiger partial charge in [-0.3, -0.25) is 14.9 Å². The zero-order valence-electron chi connectivity index (χ0n) is 14.6. The third-order valence-electron chi connectivity index (χ3n) is 4.47. The maximum Gasteiger partial charge on any atom is 0.279 e. The summed E-state index contributed by atoms with van der Waals surface area (Å²) in [7, 11) is 0. The van der Waals surface area contributed by atoms with Crippen molar-refractivity contribution < 1.29 is 9.72 Å². The number of carbonyl (C=O) groups excluding carboxylic acids is 1. The molecule has 4 rings (SSSR count). The van der Waals surface area contributed by atoms with E-state index in [4.69, 9.17) is 11.6 Å². The molecule has 0 aliphatic carbocycles. The summed E-state index contributed by atoms with van der Waals surface area (Å²) in [5.41, 5.74) is 2.71. The van der Waals surface area contributed by atoms with E-state index in [1.54, 1.807) is 12.1 Å². The molecule has 0 radical (unpaired) electrons. The lowest BCUT2D eigenvalue weighted by Gasteiger charge is -2.19. The van der Waals surface area contributed by atoms with Crippen LogP contribution in [0.15, 0.2) is 77.8 Å². The van der Waals surface area contributed by atoms with Crippen LogP contribution < -0.4 is 4.90 Å². The van der Waals surface area contributed by atoms with E-state index in [-0.39, 0.29) is 11.3 Å². The number of nitro groups is 1. The van der Waals surface area contributed by atoms with Crippen molar-refractivity contribution in [2.75, 3.05) is 4.90 Å². The number of fused-ring (bicyclic) bond motifs is 1. The average Bonchev–Trinajstić information content (AvgIpc) is 3.06. The number of nitro benzene ring substituents is 1. The Morgan fingerprint density at radius 2 is 1.82 bits per heavy atom. The summed E-state index contributed by atoms with van der Waals surface area (Å²) < 4.78 is 0. The van der Waals surface area contributed by atoms with Crippen LogP contribution in [0.4, 0.5) is 11.4 Å². The molecular weight excluding hydrogens is 378 g/mol. The molecule has 7 heteroatoms. The summed E-state index contributed by atoms with van der Waals surface area (Å²) in [6, 6.07) is 20.6. The molecule has 0 N–H and O–H groups in total. The molecule has 0 aromatic heterocycles. The lowest BCUT2D eigenvalue weighted by Crippen LogP contribution is -2.25. The Morgan fingerprint density at radius 3 is 2.61 bits per heavy atom. The number of benzene rings is 3. The Hall–Kier alpha value is -3.51. The van der Waals surface area contributed by atoms with Crippen molar-refractivity contribution in [2.45, 2.75) is 6.54 Å². The minimum absolute atomic E-state index is 0.149. The molecule has 1 amide bonds. The number of hydrogen-bond donors (Lipinski definition) is 0. The summed E-state index contributed by atoms with van der Waals surface area (Å²) in [6.07, 6.45) is 0. The van der Waals surface area contributed by atoms with Crippen LogP contribution in [0.2, 0.25) is 5.02 Å². The summed E-state index contributed by atoms with van der Waals surface area (Å²) in [5.74, 6) is -0.0446. The Morgan fingerprint density at radius 1 is 1.04 bits per heavy atom. The van der Waals surface area contributed by atoms with Gasteiger partial charge < -0.3 is 4.90 Å². The van der Waals surface area contributed by atoms with Crippen LogP contribution in [0.25, 0.3) is 0 Å². The SMILES string of the molecule is O=C(N=C1c2ccccc2CN1c1cccc(Cl)c1)c1cccc([N+](=O)[O-])c1. The quantitative estimate of drug-likeness (QED) is 0.472. The molecular formula is C21H14ClN3O3. The van der Waals surface area contributed by atoms with Crippen LogP contribution in [0, 0.1) is 10.1 Å². The van der Waals surface area contributed by atoms with Gasteiger partial charge in [0.1, 0.15) is 5.84 Å². The Labute approximate surface area is 165 Å². The normalized spacial score (nSPS) is 14.2. The van der Waals surface area contributed by atoms with E-state index in [1.807, 2.05) is 41.3 Å². The van der Waals surface area contributed by atoms with Crippen molar-refractivity contribution >= 4 is 34.7 Å². The molecule has 138 valence electrons. The van der Waals surface area contributed by atoms with Gasteiger partial charge in [0.05, 0.1) is 11.5 Å². The molecule has 3 aromatic carbocycles. The summed E-state index contributed by atoms with van der Waals surface area (Å²) in [6.45, 7) is 0.553. The highest BCUT2D eigenvalue weighted by Crippen LogP contribution is 2.30. The second-order valence-corrected chi connectivity index (χ2v) is 6.71. The Kier molecular flexibility index (Phi) is 4.63. The molecule has 1 heterocycles. The maximum absolute atomic E-state index is 12.8. The predicted molar refractivity (Wildman–Crippen MR) is 108 cm³/mol. The molecule has 0 spiro atoms. The van der Waals surface area contributed by atoms with Crippen molar-refractivity contribution in [3.8, 4) is 0 Å². The number of halogens is 1. The number of rotatable bonds is 3. The van der Waals surface area contributed by atoms with Crippen molar-refractivity contribution in [1.29, 1.82) is 0 Å². The first-order valence-corrected chi connectivity index (χ1v) is 8.89. The van der Waals surface area contributed by atoms with Gasteiger partial charge in [-0.05, 0) is 29.8 Å². The van der Waals surface area contributed by atoms with Gasteiger partial charge in [0.25, 0.3) is 11.6 Å². The molecule has 0 saturated heterocycles. The first kappa shape index (κ1) is 17.9. The predicted octanol–water partition coefficient (Wildman–Crippen LogP) is 4.86. The molecule has 0 unspecified atom stereocenters. The van der Waals surface area contributed by atoms with E-state index in [2.05, 4.69) is 4.99 Å². The standard InChI is InChI=1S/C21H14ClN3O3/c22-16-7-4-8-17(12-16)24-13-15-5-1-2-10-19(15)20(24)23-21(26)14-6-3-9-18(11-14)25(27)28/h1-12H,13H2. The number of carbonyl (C=O) groups is 1. The second kappa shape index (κ2) is 7.25. The number of amidine groups is 1. The van der Waals surface area contributed by atoms with Gasteiger partial charge in [-0.1, -0.05) is 48.0 Å². The average molecular weight is 392 g/mol. The van der Waals surface area contributed by atoms with Gasteiger partial charge in [-0.15, -0.1) is 0 Å². The topological polar surface area (TPSA) is 75.8 Å². The molecule has 1 aliphatic rings. The summed E-state index contributed by atoms with van der Waals surface area (Å²) in [5, 5.41) is 11.6. The molecule has 28 heavy (non-hydrogen) atoms. The minimum atomic E-state index is -0.539. The monoisotopic (exact) mass is 391 g/mol. The van der Waals surface area contributed by atoms with Crippen LogP contribution in [0.3, 0.4) is 0 Å². The minimum Gasteiger partial charge on any atom is -0.321 e. The highest BCUT2D eigenvalue weighted by Gasteiger charge is 2.27. The zero-order valence-corrected chi connectivity index (χ0v) is 15.3. The lowest BCUT2D eigenvalue weighted by atomic mass is 10.1. The fraction of sp³-hybridized carbons (Fsp3) is 0.0476. The zero-order chi connectivity index (χ0) is 19.7. The van der Waals surface area contributed by atoms with E-state index in [0.717, 1.165) is 16.8 Å². The van der Waals surface area contributed by atoms with Crippen molar-refractivity contribution in [3.05, 3.63) is 105 Å². The van der Waals surface area contributed by atoms with Gasteiger partial charge in [0.2, 0.25) is 0 Å². The van der Waals surface area contributed by atoms with Gasteiger partial charge in [0.15, 0.2) is 0 Å². The molecule has 6 nitrogen and oxygen atoms in total. The summed E-state index contributed by atoms with van der Waals surface area (Å²) >= 11 is 6.13. The van der Waals surface area contributed by atoms with Crippen LogP contribution in [-0.2, 0) is 6.54 Å². The Balaban J connectivity index is 1.78. The number of amides is 1. The lowest BCUT2D eigenvalue weighted by molar-refractivity contribution is -0.384. The number of non-ortho nitro benzene ring substituents is 1. The van der Waals surface area contributed by atoms with Gasteiger partial charge in [-0.25, -0.2) is 0 Å². The molecule has 0 saturated carbocycles. The number of hydrogen-bond acceptors (Lipinski definition) is 3. The van der Waals surface area contributed by atoms with Crippen LogP contribution in [0.1, 0.15) is 21.5 Å². The Bertz CT molecular complexity index is 1130. The van der Waals surface area contributed by atoms with Crippen LogP contribution in [-0.4, -0.2) is 16.7 Å². The van der Waals surface area contributed by atoms with E-state index >= 15 is 0 Å². The summed E-state index contributed by atoms with van der Waals surface area (Å²) in [4.78, 5) is 29.4. The maximum atomic E-state index is 12.8. The third-order valence-corrected chi connectivity index (χ3v) is 4.71. The largest absolute Gasteiger partial charge is 0.321 e. The van der Waals surface area contributed by atoms with Crippen LogP contribution >= 0.6 is 11.6 Å². The highest BCUT2D eigenvalue weighted by molar-refractivity contribution is 6.31.